The Hall–Kier alpha value is -1.80. The summed E-state index contributed by atoms with van der Waals surface area (Å²) >= 11 is 1.66. The molecule has 0 saturated carbocycles. The number of aryl methyl sites for hydroxylation is 1. The lowest BCUT2D eigenvalue weighted by molar-refractivity contribution is 0.0690. The molecule has 8 heteroatoms. The van der Waals surface area contributed by atoms with Crippen LogP contribution in [0.25, 0.3) is 0 Å². The zero-order chi connectivity index (χ0) is 13.8. The van der Waals surface area contributed by atoms with Gasteiger partial charge in [-0.2, -0.15) is 0 Å². The van der Waals surface area contributed by atoms with Crippen LogP contribution in [0, 0.1) is 6.92 Å². The quantitative estimate of drug-likeness (QED) is 0.823. The molecule has 2 N–H and O–H groups in total. The first kappa shape index (κ1) is 13.6. The van der Waals surface area contributed by atoms with E-state index in [9.17, 15) is 4.79 Å². The van der Waals surface area contributed by atoms with Crippen molar-refractivity contribution in [2.24, 2.45) is 0 Å². The monoisotopic (exact) mass is 281 g/mol. The van der Waals surface area contributed by atoms with Gasteiger partial charge in [-0.15, -0.1) is 16.4 Å². The Morgan fingerprint density at radius 2 is 2.42 bits per heavy atom. The molecule has 0 aliphatic carbocycles. The van der Waals surface area contributed by atoms with Crippen molar-refractivity contribution >= 4 is 17.3 Å². The number of hydrogen-bond donors (Lipinski definition) is 2. The molecular weight excluding hydrogens is 266 g/mol. The van der Waals surface area contributed by atoms with E-state index in [4.69, 9.17) is 5.11 Å². The van der Waals surface area contributed by atoms with Gasteiger partial charge in [0.2, 0.25) is 0 Å². The lowest BCUT2D eigenvalue weighted by Gasteiger charge is -2.10. The summed E-state index contributed by atoms with van der Waals surface area (Å²) in [5.41, 5.74) is -0.0383. The van der Waals surface area contributed by atoms with Gasteiger partial charge in [0.1, 0.15) is 5.01 Å². The molecule has 7 nitrogen and oxygen atoms in total. The number of carbonyl (C=O) groups is 1. The second-order valence-corrected chi connectivity index (χ2v) is 5.42. The molecule has 102 valence electrons. The predicted octanol–water partition coefficient (Wildman–Crippen LogP) is 1.09. The Balaban J connectivity index is 1.81. The first-order valence-electron chi connectivity index (χ1n) is 5.85. The maximum absolute atomic E-state index is 10.6. The minimum absolute atomic E-state index is 0.0383. The number of carboxylic acid groups (broad SMARTS) is 1. The molecule has 2 aromatic rings. The van der Waals surface area contributed by atoms with Crippen LogP contribution in [-0.2, 0) is 6.54 Å². The molecule has 0 aliphatic rings. The molecule has 0 radical (unpaired) electrons. The van der Waals surface area contributed by atoms with Gasteiger partial charge < -0.3 is 10.4 Å². The maximum atomic E-state index is 10.6. The van der Waals surface area contributed by atoms with Gasteiger partial charge >= 0.3 is 5.97 Å². The molecule has 0 saturated heterocycles. The standard InChI is InChI=1S/C11H15N5O2S/c1-7-5-13-10(19-7)8(2)12-3-4-16-6-9(11(17)18)14-15-16/h5-6,8,12H,3-4H2,1-2H3,(H,17,18). The van der Waals surface area contributed by atoms with Gasteiger partial charge in [0.25, 0.3) is 0 Å². The van der Waals surface area contributed by atoms with Crippen LogP contribution in [0.3, 0.4) is 0 Å². The number of hydrogen-bond acceptors (Lipinski definition) is 6. The molecule has 0 aliphatic heterocycles. The normalized spacial score (nSPS) is 12.5. The van der Waals surface area contributed by atoms with Crippen LogP contribution in [0.4, 0.5) is 0 Å². The summed E-state index contributed by atoms with van der Waals surface area (Å²) in [6.45, 7) is 5.30. The zero-order valence-electron chi connectivity index (χ0n) is 10.7. The Morgan fingerprint density at radius 1 is 1.63 bits per heavy atom. The van der Waals surface area contributed by atoms with Crippen LogP contribution in [-0.4, -0.2) is 37.6 Å². The second-order valence-electron chi connectivity index (χ2n) is 4.16. The van der Waals surface area contributed by atoms with Gasteiger partial charge in [0, 0.05) is 17.6 Å². The first-order chi connectivity index (χ1) is 9.06. The summed E-state index contributed by atoms with van der Waals surface area (Å²) in [5.74, 6) is -1.06. The number of carboxylic acids is 1. The molecule has 0 spiro atoms. The van der Waals surface area contributed by atoms with Gasteiger partial charge in [-0.25, -0.2) is 9.78 Å². The predicted molar refractivity (Wildman–Crippen MR) is 70.3 cm³/mol. The third-order valence-electron chi connectivity index (χ3n) is 2.56. The average Bonchev–Trinajstić information content (AvgIpc) is 2.98. The summed E-state index contributed by atoms with van der Waals surface area (Å²) in [5, 5.41) is 20.4. The fourth-order valence-corrected chi connectivity index (χ4v) is 2.36. The van der Waals surface area contributed by atoms with E-state index in [1.165, 1.54) is 15.8 Å². The van der Waals surface area contributed by atoms with Crippen molar-refractivity contribution in [3.63, 3.8) is 0 Å². The summed E-state index contributed by atoms with van der Waals surface area (Å²) in [6, 6.07) is 0.168. The highest BCUT2D eigenvalue weighted by Gasteiger charge is 2.10. The average molecular weight is 281 g/mol. The molecule has 0 fully saturated rings. The van der Waals surface area contributed by atoms with E-state index in [1.807, 2.05) is 20.0 Å². The van der Waals surface area contributed by atoms with E-state index in [1.54, 1.807) is 11.3 Å². The van der Waals surface area contributed by atoms with Crippen LogP contribution in [0.1, 0.15) is 33.3 Å². The molecule has 2 rings (SSSR count). The van der Waals surface area contributed by atoms with E-state index >= 15 is 0 Å². The zero-order valence-corrected chi connectivity index (χ0v) is 11.5. The first-order valence-corrected chi connectivity index (χ1v) is 6.67. The molecular formula is C11H15N5O2S. The van der Waals surface area contributed by atoms with Crippen molar-refractivity contribution in [3.8, 4) is 0 Å². The number of thiazole rings is 1. The molecule has 0 aromatic carbocycles. The number of nitrogens with zero attached hydrogens (tertiary/aromatic N) is 4. The van der Waals surface area contributed by atoms with E-state index < -0.39 is 5.97 Å². The van der Waals surface area contributed by atoms with Crippen molar-refractivity contribution in [3.05, 3.63) is 28.0 Å². The second kappa shape index (κ2) is 5.89. The number of rotatable bonds is 6. The van der Waals surface area contributed by atoms with E-state index in [0.717, 1.165) is 5.01 Å². The molecule has 1 unspecified atom stereocenters. The van der Waals surface area contributed by atoms with Gasteiger partial charge in [-0.3, -0.25) is 4.68 Å². The van der Waals surface area contributed by atoms with Gasteiger partial charge in [0.05, 0.1) is 18.8 Å². The summed E-state index contributed by atoms with van der Waals surface area (Å²) in [4.78, 5) is 16.1. The highest BCUT2D eigenvalue weighted by Crippen LogP contribution is 2.18. The Morgan fingerprint density at radius 3 is 3.00 bits per heavy atom. The van der Waals surface area contributed by atoms with Gasteiger partial charge in [-0.05, 0) is 13.8 Å². The number of aromatic nitrogens is 4. The molecule has 2 heterocycles. The molecule has 0 amide bonds. The van der Waals surface area contributed by atoms with Gasteiger partial charge in [0.15, 0.2) is 5.69 Å². The van der Waals surface area contributed by atoms with Crippen LogP contribution in [0.15, 0.2) is 12.4 Å². The fraction of sp³-hybridized carbons (Fsp3) is 0.455. The smallest absolute Gasteiger partial charge is 0.358 e. The highest BCUT2D eigenvalue weighted by atomic mass is 32.1. The van der Waals surface area contributed by atoms with E-state index in [0.29, 0.717) is 13.1 Å². The van der Waals surface area contributed by atoms with Crippen LogP contribution < -0.4 is 5.32 Å². The molecule has 1 atom stereocenters. The van der Waals surface area contributed by atoms with Crippen molar-refractivity contribution < 1.29 is 9.90 Å². The molecule has 19 heavy (non-hydrogen) atoms. The third kappa shape index (κ3) is 3.58. The minimum atomic E-state index is -1.06. The third-order valence-corrected chi connectivity index (χ3v) is 3.65. The van der Waals surface area contributed by atoms with Crippen molar-refractivity contribution in [2.45, 2.75) is 26.4 Å². The van der Waals surface area contributed by atoms with Gasteiger partial charge in [-0.1, -0.05) is 5.21 Å². The lowest BCUT2D eigenvalue weighted by Crippen LogP contribution is -2.23. The van der Waals surface area contributed by atoms with Crippen LogP contribution >= 0.6 is 11.3 Å². The summed E-state index contributed by atoms with van der Waals surface area (Å²) < 4.78 is 1.51. The highest BCUT2D eigenvalue weighted by molar-refractivity contribution is 7.11. The van der Waals surface area contributed by atoms with E-state index in [-0.39, 0.29) is 11.7 Å². The molecule has 0 bridgehead atoms. The summed E-state index contributed by atoms with van der Waals surface area (Å²) in [6.07, 6.45) is 3.27. The van der Waals surface area contributed by atoms with E-state index in [2.05, 4.69) is 20.6 Å². The topological polar surface area (TPSA) is 92.9 Å². The van der Waals surface area contributed by atoms with Crippen molar-refractivity contribution in [2.75, 3.05) is 6.54 Å². The van der Waals surface area contributed by atoms with Crippen molar-refractivity contribution in [1.29, 1.82) is 0 Å². The fourth-order valence-electron chi connectivity index (χ4n) is 1.56. The Bertz CT molecular complexity index is 565. The largest absolute Gasteiger partial charge is 0.476 e. The van der Waals surface area contributed by atoms with Crippen LogP contribution in [0.2, 0.25) is 0 Å². The number of nitrogens with one attached hydrogen (secondary N) is 1. The van der Waals surface area contributed by atoms with Crippen LogP contribution in [0.5, 0.6) is 0 Å². The Labute approximate surface area is 114 Å². The Kier molecular flexibility index (Phi) is 4.23. The number of aromatic carboxylic acids is 1. The maximum Gasteiger partial charge on any atom is 0.358 e. The summed E-state index contributed by atoms with van der Waals surface area (Å²) in [7, 11) is 0. The van der Waals surface area contributed by atoms with Crippen molar-refractivity contribution in [1.82, 2.24) is 25.3 Å². The minimum Gasteiger partial charge on any atom is -0.476 e. The molecule has 2 aromatic heterocycles. The lowest BCUT2D eigenvalue weighted by atomic mass is 10.3. The SMILES string of the molecule is Cc1cnc(C(C)NCCn2cc(C(=O)O)nn2)s1.